The summed E-state index contributed by atoms with van der Waals surface area (Å²) in [7, 11) is 0. The fourth-order valence-electron chi connectivity index (χ4n) is 3.35. The van der Waals surface area contributed by atoms with Crippen molar-refractivity contribution in [3.63, 3.8) is 0 Å². The Kier molecular flexibility index (Phi) is 5.40. The van der Waals surface area contributed by atoms with Gasteiger partial charge in [0.25, 0.3) is 0 Å². The van der Waals surface area contributed by atoms with E-state index >= 15 is 0 Å². The van der Waals surface area contributed by atoms with E-state index < -0.39 is 0 Å². The van der Waals surface area contributed by atoms with Crippen LogP contribution in [0.15, 0.2) is 24.7 Å². The molecule has 3 rings (SSSR count). The number of hydrogen-bond acceptors (Lipinski definition) is 3. The third kappa shape index (κ3) is 4.03. The first-order valence-corrected chi connectivity index (χ1v) is 9.16. The molecule has 25 heavy (non-hydrogen) atoms. The van der Waals surface area contributed by atoms with E-state index in [-0.39, 0.29) is 6.03 Å². The normalized spacial score (nSPS) is 16.8. The van der Waals surface area contributed by atoms with Crippen LogP contribution in [0.3, 0.4) is 0 Å². The number of aromatic nitrogens is 4. The van der Waals surface area contributed by atoms with E-state index in [4.69, 9.17) is 0 Å². The van der Waals surface area contributed by atoms with Gasteiger partial charge in [0.2, 0.25) is 0 Å². The zero-order chi connectivity index (χ0) is 17.8. The van der Waals surface area contributed by atoms with E-state index in [2.05, 4.69) is 29.4 Å². The molecule has 0 radical (unpaired) electrons. The number of carbonyl (C=O) groups excluding carboxylic acids is 1. The smallest absolute Gasteiger partial charge is 0.321 e. The summed E-state index contributed by atoms with van der Waals surface area (Å²) in [6.45, 7) is 8.79. The summed E-state index contributed by atoms with van der Waals surface area (Å²) in [5, 5.41) is 11.7. The highest BCUT2D eigenvalue weighted by Gasteiger charge is 2.24. The van der Waals surface area contributed by atoms with E-state index in [1.807, 2.05) is 39.6 Å². The minimum absolute atomic E-state index is 0.0238. The zero-order valence-electron chi connectivity index (χ0n) is 15.4. The molecule has 1 aliphatic heterocycles. The summed E-state index contributed by atoms with van der Waals surface area (Å²) in [4.78, 5) is 14.5. The summed E-state index contributed by atoms with van der Waals surface area (Å²) >= 11 is 0. The molecule has 1 atom stereocenters. The predicted molar refractivity (Wildman–Crippen MR) is 97.5 cm³/mol. The molecule has 3 heterocycles. The average Bonchev–Trinajstić information content (AvgIpc) is 3.25. The fraction of sp³-hybridized carbons (Fsp3) is 0.611. The van der Waals surface area contributed by atoms with Gasteiger partial charge in [0, 0.05) is 38.1 Å². The lowest BCUT2D eigenvalue weighted by Crippen LogP contribution is -2.41. The van der Waals surface area contributed by atoms with Crippen LogP contribution in [0.5, 0.6) is 0 Å². The average molecular weight is 344 g/mol. The molecule has 1 saturated heterocycles. The van der Waals surface area contributed by atoms with Crippen molar-refractivity contribution in [2.45, 2.75) is 52.6 Å². The van der Waals surface area contributed by atoms with Crippen LogP contribution in [0.25, 0.3) is 0 Å². The topological polar surface area (TPSA) is 68.0 Å². The molecule has 1 aliphatic rings. The Morgan fingerprint density at radius 1 is 1.36 bits per heavy atom. The molecule has 1 N–H and O–H groups in total. The first kappa shape index (κ1) is 17.5. The first-order chi connectivity index (χ1) is 12.1. The van der Waals surface area contributed by atoms with Gasteiger partial charge in [-0.15, -0.1) is 0 Å². The Labute approximate surface area is 149 Å². The van der Waals surface area contributed by atoms with Crippen molar-refractivity contribution in [3.8, 4) is 0 Å². The van der Waals surface area contributed by atoms with Crippen LogP contribution in [0.2, 0.25) is 0 Å². The molecule has 7 heteroatoms. The van der Waals surface area contributed by atoms with Gasteiger partial charge in [0.15, 0.2) is 0 Å². The molecule has 136 valence electrons. The lowest BCUT2D eigenvalue weighted by Gasteiger charge is -2.31. The number of hydrogen-bond donors (Lipinski definition) is 1. The van der Waals surface area contributed by atoms with Crippen LogP contribution in [0.1, 0.15) is 44.8 Å². The first-order valence-electron chi connectivity index (χ1n) is 9.16. The number of piperidine rings is 1. The molecule has 0 aliphatic carbocycles. The Hall–Kier alpha value is -2.31. The van der Waals surface area contributed by atoms with Gasteiger partial charge in [-0.1, -0.05) is 6.92 Å². The van der Waals surface area contributed by atoms with Gasteiger partial charge in [0.05, 0.1) is 17.6 Å². The van der Waals surface area contributed by atoms with Crippen LogP contribution in [0.4, 0.5) is 10.5 Å². The van der Waals surface area contributed by atoms with Gasteiger partial charge in [-0.25, -0.2) is 4.79 Å². The van der Waals surface area contributed by atoms with Gasteiger partial charge in [-0.05, 0) is 45.1 Å². The van der Waals surface area contributed by atoms with Crippen molar-refractivity contribution in [1.29, 1.82) is 0 Å². The number of carbonyl (C=O) groups is 1. The number of rotatable bonds is 5. The van der Waals surface area contributed by atoms with E-state index in [0.717, 1.165) is 50.3 Å². The second kappa shape index (κ2) is 7.72. The summed E-state index contributed by atoms with van der Waals surface area (Å²) in [6.07, 6.45) is 8.60. The highest BCUT2D eigenvalue weighted by atomic mass is 16.2. The SMILES string of the molecule is CCC(C)n1ncc(NC(=O)N2CCC(Cn3cccn3)CC2)c1C. The molecule has 0 aromatic carbocycles. The standard InChI is InChI=1S/C18H28N6O/c1-4-14(2)24-15(3)17(12-20-24)21-18(25)22-10-6-16(7-11-22)13-23-9-5-8-19-23/h5,8-9,12,14,16H,4,6-7,10-11,13H2,1-3H3,(H,21,25). The minimum Gasteiger partial charge on any atom is -0.325 e. The van der Waals surface area contributed by atoms with E-state index in [1.54, 1.807) is 6.20 Å². The minimum atomic E-state index is -0.0238. The van der Waals surface area contributed by atoms with Crippen molar-refractivity contribution in [2.75, 3.05) is 18.4 Å². The van der Waals surface area contributed by atoms with Crippen LogP contribution in [-0.4, -0.2) is 43.6 Å². The maximum absolute atomic E-state index is 12.6. The largest absolute Gasteiger partial charge is 0.325 e. The molecular formula is C18H28N6O. The molecule has 7 nitrogen and oxygen atoms in total. The summed E-state index contributed by atoms with van der Waals surface area (Å²) in [5.74, 6) is 0.582. The van der Waals surface area contributed by atoms with Gasteiger partial charge >= 0.3 is 6.03 Å². The summed E-state index contributed by atoms with van der Waals surface area (Å²) < 4.78 is 3.96. The summed E-state index contributed by atoms with van der Waals surface area (Å²) in [5.41, 5.74) is 1.82. The Morgan fingerprint density at radius 2 is 2.12 bits per heavy atom. The van der Waals surface area contributed by atoms with Crippen molar-refractivity contribution in [1.82, 2.24) is 24.5 Å². The maximum atomic E-state index is 12.6. The Morgan fingerprint density at radius 3 is 2.76 bits per heavy atom. The van der Waals surface area contributed by atoms with Crippen molar-refractivity contribution in [3.05, 3.63) is 30.4 Å². The van der Waals surface area contributed by atoms with E-state index in [1.165, 1.54) is 0 Å². The second-order valence-corrected chi connectivity index (χ2v) is 6.93. The van der Waals surface area contributed by atoms with Crippen LogP contribution in [-0.2, 0) is 6.54 Å². The number of nitrogens with one attached hydrogen (secondary N) is 1. The van der Waals surface area contributed by atoms with Gasteiger partial charge in [0.1, 0.15) is 0 Å². The van der Waals surface area contributed by atoms with Crippen molar-refractivity contribution in [2.24, 2.45) is 5.92 Å². The number of amides is 2. The fourth-order valence-corrected chi connectivity index (χ4v) is 3.35. The van der Waals surface area contributed by atoms with E-state index in [9.17, 15) is 4.79 Å². The molecular weight excluding hydrogens is 316 g/mol. The molecule has 0 spiro atoms. The monoisotopic (exact) mass is 344 g/mol. The molecule has 0 saturated carbocycles. The zero-order valence-corrected chi connectivity index (χ0v) is 15.4. The predicted octanol–water partition coefficient (Wildman–Crippen LogP) is 3.30. The molecule has 2 aromatic rings. The lowest BCUT2D eigenvalue weighted by molar-refractivity contribution is 0.175. The molecule has 2 amide bonds. The molecule has 2 aromatic heterocycles. The highest BCUT2D eigenvalue weighted by Crippen LogP contribution is 2.22. The van der Waals surface area contributed by atoms with Crippen LogP contribution >= 0.6 is 0 Å². The van der Waals surface area contributed by atoms with Crippen molar-refractivity contribution >= 4 is 11.7 Å². The van der Waals surface area contributed by atoms with Gasteiger partial charge in [-0.3, -0.25) is 9.36 Å². The third-order valence-electron chi connectivity index (χ3n) is 5.20. The van der Waals surface area contributed by atoms with E-state index in [0.29, 0.717) is 12.0 Å². The second-order valence-electron chi connectivity index (χ2n) is 6.93. The lowest BCUT2D eigenvalue weighted by atomic mass is 9.97. The number of likely N-dealkylation sites (tertiary alicyclic amines) is 1. The molecule has 1 fully saturated rings. The van der Waals surface area contributed by atoms with Gasteiger partial charge in [-0.2, -0.15) is 10.2 Å². The number of nitrogens with zero attached hydrogens (tertiary/aromatic N) is 5. The van der Waals surface area contributed by atoms with Crippen LogP contribution in [0, 0.1) is 12.8 Å². The maximum Gasteiger partial charge on any atom is 0.321 e. The quantitative estimate of drug-likeness (QED) is 0.905. The van der Waals surface area contributed by atoms with Crippen LogP contribution < -0.4 is 5.32 Å². The Balaban J connectivity index is 1.52. The molecule has 1 unspecified atom stereocenters. The van der Waals surface area contributed by atoms with Gasteiger partial charge < -0.3 is 10.2 Å². The summed E-state index contributed by atoms with van der Waals surface area (Å²) in [6, 6.07) is 2.26. The number of urea groups is 1. The third-order valence-corrected chi connectivity index (χ3v) is 5.20. The number of anilines is 1. The Bertz CT molecular complexity index is 684. The molecule has 0 bridgehead atoms. The van der Waals surface area contributed by atoms with Crippen molar-refractivity contribution < 1.29 is 4.79 Å². The highest BCUT2D eigenvalue weighted by molar-refractivity contribution is 5.89.